The second-order valence-electron chi connectivity index (χ2n) is 6.88. The predicted molar refractivity (Wildman–Crippen MR) is 119 cm³/mol. The molecule has 32 heavy (non-hydrogen) atoms. The highest BCUT2D eigenvalue weighted by molar-refractivity contribution is 7.94. The van der Waals surface area contributed by atoms with Crippen molar-refractivity contribution in [3.05, 3.63) is 97.1 Å². The molecule has 4 aromatic carbocycles. The summed E-state index contributed by atoms with van der Waals surface area (Å²) in [6.45, 7) is 0. The van der Waals surface area contributed by atoms with Gasteiger partial charge in [0.1, 0.15) is 10.1 Å². The van der Waals surface area contributed by atoms with Crippen LogP contribution in [0.1, 0.15) is 0 Å². The Morgan fingerprint density at radius 2 is 0.875 bits per heavy atom. The predicted octanol–water partition coefficient (Wildman–Crippen LogP) is 4.82. The Kier molecular flexibility index (Phi) is 6.71. The van der Waals surface area contributed by atoms with E-state index in [9.17, 15) is 18.2 Å². The van der Waals surface area contributed by atoms with Gasteiger partial charge >= 0.3 is 0 Å². The summed E-state index contributed by atoms with van der Waals surface area (Å²) in [6.07, 6.45) is 0. The van der Waals surface area contributed by atoms with Crippen LogP contribution in [-0.4, -0.2) is 13.0 Å². The third-order valence-corrected chi connectivity index (χ3v) is 6.36. The maximum Gasteiger partial charge on any atom is 0.124 e. The molecule has 0 saturated carbocycles. The van der Waals surface area contributed by atoms with E-state index >= 15 is 0 Å². The summed E-state index contributed by atoms with van der Waals surface area (Å²) in [5.41, 5.74) is 5.93. The van der Waals surface area contributed by atoms with E-state index in [1.165, 1.54) is 12.1 Å². The normalized spacial score (nSPS) is 11.4. The average Bonchev–Trinajstić information content (AvgIpc) is 2.83. The Labute approximate surface area is 189 Å². The van der Waals surface area contributed by atoms with Crippen LogP contribution in [0.2, 0.25) is 0 Å². The van der Waals surface area contributed by atoms with Gasteiger partial charge in [0.2, 0.25) is 0 Å². The third kappa shape index (κ3) is 5.25. The molecule has 0 aliphatic carbocycles. The molecule has 0 radical (unpaired) electrons. The standard InChI is InChI=1S/C24H18O6S2/c25-29-30-31-23-13-9-21(10-14-23)19-5-1-17(2-6-19)18-3-7-20(8-4-18)22-11-15-24(16-12-22)32(26,27)28/h1-16,25H,(H,26,27,28)/p-2. The van der Waals surface area contributed by atoms with Crippen molar-refractivity contribution in [2.45, 2.75) is 9.79 Å². The van der Waals surface area contributed by atoms with Crippen molar-refractivity contribution in [3.8, 4) is 33.4 Å². The molecule has 0 heterocycles. The lowest BCUT2D eigenvalue weighted by molar-refractivity contribution is -0.777. The summed E-state index contributed by atoms with van der Waals surface area (Å²) in [5, 5.41) is 13.2. The molecule has 0 N–H and O–H groups in total. The van der Waals surface area contributed by atoms with Crippen LogP contribution >= 0.6 is 12.0 Å². The highest BCUT2D eigenvalue weighted by atomic mass is 32.2. The van der Waals surface area contributed by atoms with E-state index in [0.29, 0.717) is 0 Å². The molecule has 0 aliphatic heterocycles. The molecule has 0 saturated heterocycles. The van der Waals surface area contributed by atoms with Crippen molar-refractivity contribution in [1.82, 2.24) is 0 Å². The molecule has 0 aliphatic rings. The lowest BCUT2D eigenvalue weighted by Crippen LogP contribution is -2.00. The number of rotatable bonds is 7. The van der Waals surface area contributed by atoms with Crippen LogP contribution in [0, 0.1) is 0 Å². The molecule has 162 valence electrons. The highest BCUT2D eigenvalue weighted by Gasteiger charge is 2.05. The minimum absolute atomic E-state index is 0.240. The molecule has 8 heteroatoms. The summed E-state index contributed by atoms with van der Waals surface area (Å²) in [6, 6.07) is 29.5. The third-order valence-electron chi connectivity index (χ3n) is 4.93. The fourth-order valence-corrected chi connectivity index (χ4v) is 4.10. The summed E-state index contributed by atoms with van der Waals surface area (Å²) < 4.78 is 37.5. The van der Waals surface area contributed by atoms with E-state index in [1.807, 2.05) is 72.8 Å². The summed E-state index contributed by atoms with van der Waals surface area (Å²) in [5.74, 6) is 0. The maximum atomic E-state index is 11.1. The molecular weight excluding hydrogens is 448 g/mol. The van der Waals surface area contributed by atoms with Crippen LogP contribution in [0.5, 0.6) is 0 Å². The molecule has 6 nitrogen and oxygen atoms in total. The van der Waals surface area contributed by atoms with E-state index in [-0.39, 0.29) is 4.90 Å². The van der Waals surface area contributed by atoms with Gasteiger partial charge in [-0.25, -0.2) is 8.42 Å². The molecule has 0 amide bonds. The largest absolute Gasteiger partial charge is 0.744 e. The van der Waals surface area contributed by atoms with E-state index in [2.05, 4.69) is 9.37 Å². The van der Waals surface area contributed by atoms with E-state index < -0.39 is 10.1 Å². The molecule has 0 unspecified atom stereocenters. The zero-order chi connectivity index (χ0) is 22.6. The second kappa shape index (κ2) is 9.66. The fourth-order valence-electron chi connectivity index (χ4n) is 3.28. The number of hydrogen-bond donors (Lipinski definition) is 0. The summed E-state index contributed by atoms with van der Waals surface area (Å²) >= 11 is 0.850. The second-order valence-corrected chi connectivity index (χ2v) is 9.03. The monoisotopic (exact) mass is 464 g/mol. The van der Waals surface area contributed by atoms with Gasteiger partial charge in [-0.15, -0.1) is 0 Å². The first-order chi connectivity index (χ1) is 15.4. The first-order valence-electron chi connectivity index (χ1n) is 9.44. The van der Waals surface area contributed by atoms with Gasteiger partial charge in [0.15, 0.2) is 0 Å². The van der Waals surface area contributed by atoms with Gasteiger partial charge in [0, 0.05) is 4.90 Å². The Hall–Kier alpha value is -2.98. The van der Waals surface area contributed by atoms with Gasteiger partial charge in [-0.3, -0.25) is 5.04 Å². The van der Waals surface area contributed by atoms with Crippen molar-refractivity contribution >= 4 is 22.2 Å². The molecule has 4 rings (SSSR count). The van der Waals surface area contributed by atoms with Crippen molar-refractivity contribution in [3.63, 3.8) is 0 Å². The molecule has 0 atom stereocenters. The van der Waals surface area contributed by atoms with Gasteiger partial charge < -0.3 is 9.81 Å². The van der Waals surface area contributed by atoms with Gasteiger partial charge in [-0.2, -0.15) is 4.33 Å². The number of hydrogen-bond acceptors (Lipinski definition) is 7. The Bertz CT molecular complexity index is 1280. The molecule has 0 aromatic heterocycles. The van der Waals surface area contributed by atoms with Crippen LogP contribution in [-0.2, 0) is 19.5 Å². The first kappa shape index (κ1) is 22.2. The van der Waals surface area contributed by atoms with E-state index in [4.69, 9.17) is 0 Å². The number of benzene rings is 4. The summed E-state index contributed by atoms with van der Waals surface area (Å²) in [7, 11) is -4.45. The highest BCUT2D eigenvalue weighted by Crippen LogP contribution is 2.29. The van der Waals surface area contributed by atoms with Crippen LogP contribution in [0.15, 0.2) is 107 Å². The topological polar surface area (TPSA) is 98.7 Å². The Morgan fingerprint density at radius 1 is 0.562 bits per heavy atom. The minimum atomic E-state index is -4.45. The van der Waals surface area contributed by atoms with Crippen LogP contribution < -0.4 is 5.26 Å². The van der Waals surface area contributed by atoms with Gasteiger partial charge in [0.25, 0.3) is 0 Å². The maximum absolute atomic E-state index is 11.1. The fraction of sp³-hybridized carbons (Fsp3) is 0. The van der Waals surface area contributed by atoms with Crippen LogP contribution in [0.25, 0.3) is 33.4 Å². The zero-order valence-electron chi connectivity index (χ0n) is 16.5. The minimum Gasteiger partial charge on any atom is -0.744 e. The van der Waals surface area contributed by atoms with Crippen molar-refractivity contribution in [2.24, 2.45) is 0 Å². The lowest BCUT2D eigenvalue weighted by Gasteiger charge is -2.09. The van der Waals surface area contributed by atoms with Crippen molar-refractivity contribution in [1.29, 1.82) is 0 Å². The molecular formula is C24H16O6S2-2. The Morgan fingerprint density at radius 3 is 1.19 bits per heavy atom. The van der Waals surface area contributed by atoms with Crippen molar-refractivity contribution in [2.75, 3.05) is 0 Å². The Balaban J connectivity index is 1.48. The van der Waals surface area contributed by atoms with Gasteiger partial charge in [-0.1, -0.05) is 72.8 Å². The van der Waals surface area contributed by atoms with Crippen LogP contribution in [0.4, 0.5) is 0 Å². The molecule has 4 aromatic rings. The van der Waals surface area contributed by atoms with Crippen molar-refractivity contribution < 1.29 is 27.6 Å². The first-order valence-corrected chi connectivity index (χ1v) is 11.6. The molecule has 0 spiro atoms. The lowest BCUT2D eigenvalue weighted by atomic mass is 9.98. The quantitative estimate of drug-likeness (QED) is 0.167. The summed E-state index contributed by atoms with van der Waals surface area (Å²) in [4.78, 5) is 0.516. The smallest absolute Gasteiger partial charge is 0.124 e. The van der Waals surface area contributed by atoms with E-state index in [0.717, 1.165) is 50.3 Å². The van der Waals surface area contributed by atoms with Crippen LogP contribution in [0.3, 0.4) is 0 Å². The SMILES string of the molecule is O=S(=O)([O-])c1ccc(-c2ccc(-c3ccc(-c4ccc(SOO[O-])cc4)cc3)cc2)cc1. The molecule has 0 bridgehead atoms. The average molecular weight is 465 g/mol. The van der Waals surface area contributed by atoms with Gasteiger partial charge in [0.05, 0.1) is 16.9 Å². The van der Waals surface area contributed by atoms with Gasteiger partial charge in [-0.05, 0) is 57.6 Å². The van der Waals surface area contributed by atoms with E-state index in [1.54, 1.807) is 12.1 Å². The molecule has 0 fully saturated rings. The zero-order valence-corrected chi connectivity index (χ0v) is 18.1.